The predicted octanol–water partition coefficient (Wildman–Crippen LogP) is 2.73. The second kappa shape index (κ2) is 7.55. The third-order valence-corrected chi connectivity index (χ3v) is 3.88. The first kappa shape index (κ1) is 15.9. The van der Waals surface area contributed by atoms with Gasteiger partial charge in [-0.05, 0) is 29.7 Å². The smallest absolute Gasteiger partial charge is 0.220 e. The Morgan fingerprint density at radius 2 is 1.96 bits per heavy atom. The number of amides is 1. The summed E-state index contributed by atoms with van der Waals surface area (Å²) in [5, 5.41) is 7.12. The topological polar surface area (TPSA) is 59.8 Å². The molecule has 0 atom stereocenters. The van der Waals surface area contributed by atoms with Crippen LogP contribution in [0.3, 0.4) is 0 Å². The van der Waals surface area contributed by atoms with Gasteiger partial charge in [-0.2, -0.15) is 5.10 Å². The van der Waals surface area contributed by atoms with E-state index in [1.807, 2.05) is 49.5 Å². The third-order valence-electron chi connectivity index (χ3n) is 3.88. The number of carbonyl (C=O) groups excluding carboxylic acids is 1. The minimum absolute atomic E-state index is 0.0461. The van der Waals surface area contributed by atoms with E-state index in [1.54, 1.807) is 23.3 Å². The molecule has 0 bridgehead atoms. The van der Waals surface area contributed by atoms with Crippen molar-refractivity contribution in [2.45, 2.75) is 19.4 Å². The molecule has 0 fully saturated rings. The average molecular weight is 320 g/mol. The number of hydrogen-bond donors (Lipinski definition) is 1. The Kier molecular flexibility index (Phi) is 5.01. The van der Waals surface area contributed by atoms with Crippen molar-refractivity contribution in [3.05, 3.63) is 72.2 Å². The van der Waals surface area contributed by atoms with Gasteiger partial charge in [-0.15, -0.1) is 0 Å². The van der Waals surface area contributed by atoms with Gasteiger partial charge >= 0.3 is 0 Å². The molecule has 0 radical (unpaired) electrons. The Morgan fingerprint density at radius 1 is 1.12 bits per heavy atom. The van der Waals surface area contributed by atoms with Crippen molar-refractivity contribution in [1.82, 2.24) is 20.1 Å². The monoisotopic (exact) mass is 320 g/mol. The highest BCUT2D eigenvalue weighted by atomic mass is 16.1. The number of carbonyl (C=O) groups is 1. The molecule has 0 spiro atoms. The van der Waals surface area contributed by atoms with Crippen molar-refractivity contribution >= 4 is 5.91 Å². The first-order valence-electron chi connectivity index (χ1n) is 7.95. The normalized spacial score (nSPS) is 10.5. The maximum absolute atomic E-state index is 12.0. The fourth-order valence-corrected chi connectivity index (χ4v) is 2.57. The van der Waals surface area contributed by atoms with E-state index in [0.29, 0.717) is 13.0 Å². The van der Waals surface area contributed by atoms with E-state index in [9.17, 15) is 4.79 Å². The summed E-state index contributed by atoms with van der Waals surface area (Å²) in [5.74, 6) is 0.0461. The van der Waals surface area contributed by atoms with Crippen LogP contribution in [0.25, 0.3) is 11.3 Å². The number of rotatable bonds is 6. The number of hydrogen-bond acceptors (Lipinski definition) is 3. The van der Waals surface area contributed by atoms with Crippen molar-refractivity contribution in [3.63, 3.8) is 0 Å². The van der Waals surface area contributed by atoms with Crippen LogP contribution in [0.5, 0.6) is 0 Å². The molecule has 0 aliphatic heterocycles. The molecular weight excluding hydrogens is 300 g/mol. The molecule has 3 aromatic rings. The zero-order valence-electron chi connectivity index (χ0n) is 13.6. The van der Waals surface area contributed by atoms with Gasteiger partial charge < -0.3 is 5.32 Å². The number of aryl methyl sites for hydroxylation is 2. The highest BCUT2D eigenvalue weighted by Crippen LogP contribution is 2.18. The van der Waals surface area contributed by atoms with Gasteiger partial charge in [0, 0.05) is 44.2 Å². The number of nitrogens with one attached hydrogen (secondary N) is 1. The van der Waals surface area contributed by atoms with Crippen molar-refractivity contribution in [2.75, 3.05) is 0 Å². The number of pyridine rings is 1. The Labute approximate surface area is 141 Å². The van der Waals surface area contributed by atoms with Crippen molar-refractivity contribution in [2.24, 2.45) is 7.05 Å². The van der Waals surface area contributed by atoms with Crippen LogP contribution in [0.4, 0.5) is 0 Å². The van der Waals surface area contributed by atoms with Crippen molar-refractivity contribution in [3.8, 4) is 11.3 Å². The van der Waals surface area contributed by atoms with E-state index >= 15 is 0 Å². The molecule has 122 valence electrons. The lowest BCUT2D eigenvalue weighted by molar-refractivity contribution is -0.121. The molecular formula is C19H20N4O. The number of aromatic nitrogens is 3. The molecule has 2 aromatic heterocycles. The molecule has 3 rings (SSSR count). The standard InChI is InChI=1S/C19H20N4O/c1-23-18(9-10-22-23)17-11-16(12-20-14-17)13-21-19(24)8-7-15-5-3-2-4-6-15/h2-6,9-12,14H,7-8,13H2,1H3,(H,21,24). The zero-order valence-corrected chi connectivity index (χ0v) is 13.6. The average Bonchev–Trinajstić information content (AvgIpc) is 3.05. The molecule has 0 unspecified atom stereocenters. The van der Waals surface area contributed by atoms with Gasteiger partial charge in [0.15, 0.2) is 0 Å². The van der Waals surface area contributed by atoms with Crippen LogP contribution in [0.2, 0.25) is 0 Å². The van der Waals surface area contributed by atoms with E-state index in [-0.39, 0.29) is 5.91 Å². The quantitative estimate of drug-likeness (QED) is 0.760. The van der Waals surface area contributed by atoms with Crippen LogP contribution in [-0.2, 0) is 24.8 Å². The molecule has 5 heteroatoms. The first-order valence-corrected chi connectivity index (χ1v) is 7.95. The van der Waals surface area contributed by atoms with Gasteiger partial charge in [0.05, 0.1) is 5.69 Å². The summed E-state index contributed by atoms with van der Waals surface area (Å²) in [5.41, 5.74) is 4.14. The zero-order chi connectivity index (χ0) is 16.8. The third kappa shape index (κ3) is 4.07. The minimum Gasteiger partial charge on any atom is -0.352 e. The van der Waals surface area contributed by atoms with E-state index in [0.717, 1.165) is 23.2 Å². The minimum atomic E-state index is 0.0461. The molecule has 0 aliphatic rings. The van der Waals surface area contributed by atoms with E-state index in [1.165, 1.54) is 5.56 Å². The molecule has 5 nitrogen and oxygen atoms in total. The molecule has 1 aromatic carbocycles. The fraction of sp³-hybridized carbons (Fsp3) is 0.211. The van der Waals surface area contributed by atoms with Crippen LogP contribution in [0, 0.1) is 0 Å². The Hall–Kier alpha value is -2.95. The molecule has 24 heavy (non-hydrogen) atoms. The Morgan fingerprint density at radius 3 is 2.71 bits per heavy atom. The summed E-state index contributed by atoms with van der Waals surface area (Å²) in [6, 6.07) is 14.0. The van der Waals surface area contributed by atoms with Gasteiger partial charge in [-0.1, -0.05) is 30.3 Å². The van der Waals surface area contributed by atoms with Crippen LogP contribution in [-0.4, -0.2) is 20.7 Å². The Bertz CT molecular complexity index is 811. The molecule has 0 saturated carbocycles. The SMILES string of the molecule is Cn1nccc1-c1cncc(CNC(=O)CCc2ccccc2)c1. The van der Waals surface area contributed by atoms with Gasteiger partial charge in [0.1, 0.15) is 0 Å². The van der Waals surface area contributed by atoms with E-state index < -0.39 is 0 Å². The number of nitrogens with zero attached hydrogens (tertiary/aromatic N) is 3. The van der Waals surface area contributed by atoms with E-state index in [2.05, 4.69) is 15.4 Å². The molecule has 1 amide bonds. The summed E-state index contributed by atoms with van der Waals surface area (Å²) in [6.45, 7) is 0.478. The highest BCUT2D eigenvalue weighted by molar-refractivity contribution is 5.76. The van der Waals surface area contributed by atoms with Crippen LogP contribution in [0.15, 0.2) is 61.1 Å². The van der Waals surface area contributed by atoms with Crippen LogP contribution in [0.1, 0.15) is 17.5 Å². The van der Waals surface area contributed by atoms with Gasteiger partial charge in [-0.3, -0.25) is 14.5 Å². The molecule has 0 saturated heterocycles. The second-order valence-corrected chi connectivity index (χ2v) is 5.68. The summed E-state index contributed by atoms with van der Waals surface area (Å²) < 4.78 is 1.80. The molecule has 1 N–H and O–H groups in total. The van der Waals surface area contributed by atoms with Crippen molar-refractivity contribution in [1.29, 1.82) is 0 Å². The second-order valence-electron chi connectivity index (χ2n) is 5.68. The van der Waals surface area contributed by atoms with Crippen molar-refractivity contribution < 1.29 is 4.79 Å². The van der Waals surface area contributed by atoms with Gasteiger partial charge in [-0.25, -0.2) is 0 Å². The summed E-state index contributed by atoms with van der Waals surface area (Å²) in [6.07, 6.45) is 6.57. The Balaban J connectivity index is 1.55. The van der Waals surface area contributed by atoms with Gasteiger partial charge in [0.2, 0.25) is 5.91 Å². The molecule has 0 aliphatic carbocycles. The lowest BCUT2D eigenvalue weighted by Gasteiger charge is -2.07. The lowest BCUT2D eigenvalue weighted by atomic mass is 10.1. The van der Waals surface area contributed by atoms with Crippen LogP contribution < -0.4 is 5.32 Å². The van der Waals surface area contributed by atoms with Crippen LogP contribution >= 0.6 is 0 Å². The summed E-state index contributed by atoms with van der Waals surface area (Å²) >= 11 is 0. The maximum atomic E-state index is 12.0. The first-order chi connectivity index (χ1) is 11.7. The predicted molar refractivity (Wildman–Crippen MR) is 93.0 cm³/mol. The molecule has 2 heterocycles. The fourth-order valence-electron chi connectivity index (χ4n) is 2.57. The number of benzene rings is 1. The lowest BCUT2D eigenvalue weighted by Crippen LogP contribution is -2.23. The summed E-state index contributed by atoms with van der Waals surface area (Å²) in [4.78, 5) is 16.3. The summed E-state index contributed by atoms with van der Waals surface area (Å²) in [7, 11) is 1.90. The van der Waals surface area contributed by atoms with Gasteiger partial charge in [0.25, 0.3) is 0 Å². The highest BCUT2D eigenvalue weighted by Gasteiger charge is 2.06. The maximum Gasteiger partial charge on any atom is 0.220 e. The largest absolute Gasteiger partial charge is 0.352 e. The van der Waals surface area contributed by atoms with E-state index in [4.69, 9.17) is 0 Å².